The van der Waals surface area contributed by atoms with Gasteiger partial charge in [-0.25, -0.2) is 28.8 Å². The summed E-state index contributed by atoms with van der Waals surface area (Å²) in [7, 11) is -2.38. The minimum Gasteiger partial charge on any atom is -0.249 e. The number of carbonyl (C=O) groups excluding carboxylic acids is 3. The largest absolute Gasteiger partial charge is 0.488 e. The van der Waals surface area contributed by atoms with Gasteiger partial charge in [-0.1, -0.05) is 23.8 Å². The number of aromatic nitrogens is 1. The van der Waals surface area contributed by atoms with Crippen molar-refractivity contribution in [3.8, 4) is 0 Å². The molecule has 26 heavy (non-hydrogen) atoms. The van der Waals surface area contributed by atoms with Crippen LogP contribution in [0.3, 0.4) is 0 Å². The van der Waals surface area contributed by atoms with E-state index in [2.05, 4.69) is 9.82 Å². The topological polar surface area (TPSA) is 128 Å². The molecule has 1 fully saturated rings. The Hall–Kier alpha value is -1.47. The monoisotopic (exact) mass is 421 g/mol. The molecular weight excluding hydrogens is 404 g/mol. The molecule has 142 valence electrons. The van der Waals surface area contributed by atoms with E-state index in [9.17, 15) is 27.4 Å². The predicted molar refractivity (Wildman–Crippen MR) is 93.5 cm³/mol. The minimum absolute atomic E-state index is 0.0151. The normalized spacial score (nSPS) is 17.9. The lowest BCUT2D eigenvalue weighted by atomic mass is 10.2. The van der Waals surface area contributed by atoms with Crippen molar-refractivity contribution in [2.24, 2.45) is 0 Å². The smallest absolute Gasteiger partial charge is 0.249 e. The van der Waals surface area contributed by atoms with Crippen LogP contribution in [0.4, 0.5) is 0 Å². The van der Waals surface area contributed by atoms with E-state index in [0.717, 1.165) is 5.03 Å². The summed E-state index contributed by atoms with van der Waals surface area (Å²) in [5.41, 5.74) is 0. The van der Waals surface area contributed by atoms with Crippen molar-refractivity contribution in [1.29, 1.82) is 0 Å². The SMILES string of the molecule is CC(CCC(=O)O[N+]1(S(=O)(=O)O)C(=O)CCC1=O)SSc1ccccn1. The Balaban J connectivity index is 1.91. The Morgan fingerprint density at radius 3 is 2.54 bits per heavy atom. The predicted octanol–water partition coefficient (Wildman–Crippen LogP) is 1.92. The lowest BCUT2D eigenvalue weighted by Crippen LogP contribution is -2.57. The van der Waals surface area contributed by atoms with Crippen LogP contribution in [0.15, 0.2) is 29.4 Å². The highest BCUT2D eigenvalue weighted by molar-refractivity contribution is 8.76. The zero-order chi connectivity index (χ0) is 19.4. The van der Waals surface area contributed by atoms with Crippen LogP contribution >= 0.6 is 21.6 Å². The molecule has 2 amide bonds. The highest BCUT2D eigenvalue weighted by Crippen LogP contribution is 2.35. The number of hydrogen-bond acceptors (Lipinski definition) is 9. The third-order valence-electron chi connectivity index (χ3n) is 3.46. The van der Waals surface area contributed by atoms with Gasteiger partial charge in [-0.05, 0) is 29.3 Å². The van der Waals surface area contributed by atoms with Gasteiger partial charge in [0, 0.05) is 11.4 Å². The van der Waals surface area contributed by atoms with Gasteiger partial charge in [-0.3, -0.25) is 0 Å². The highest BCUT2D eigenvalue weighted by atomic mass is 33.1. The van der Waals surface area contributed by atoms with Gasteiger partial charge in [-0.2, -0.15) is 0 Å². The maximum atomic E-state index is 12.0. The van der Waals surface area contributed by atoms with Crippen molar-refractivity contribution in [1.82, 2.24) is 4.98 Å². The van der Waals surface area contributed by atoms with Crippen molar-refractivity contribution in [2.45, 2.75) is 42.9 Å². The number of hydrogen-bond donors (Lipinski definition) is 1. The fourth-order valence-electron chi connectivity index (χ4n) is 2.14. The lowest BCUT2D eigenvalue weighted by molar-refractivity contribution is -0.853. The van der Waals surface area contributed by atoms with E-state index in [-0.39, 0.29) is 11.7 Å². The van der Waals surface area contributed by atoms with Gasteiger partial charge in [0.2, 0.25) is 0 Å². The van der Waals surface area contributed by atoms with E-state index in [1.807, 2.05) is 19.1 Å². The van der Waals surface area contributed by atoms with Crippen LogP contribution in [0.1, 0.15) is 32.6 Å². The summed E-state index contributed by atoms with van der Waals surface area (Å²) in [5, 5.41) is 0.787. The summed E-state index contributed by atoms with van der Waals surface area (Å²) in [6.07, 6.45) is 0.926. The maximum absolute atomic E-state index is 12.0. The molecule has 0 spiro atoms. The molecule has 2 heterocycles. The third kappa shape index (κ3) is 4.62. The van der Waals surface area contributed by atoms with E-state index in [4.69, 9.17) is 0 Å². The number of hydroxylamine groups is 2. The van der Waals surface area contributed by atoms with Gasteiger partial charge >= 0.3 is 28.1 Å². The number of quaternary nitrogens is 1. The van der Waals surface area contributed by atoms with Crippen molar-refractivity contribution in [3.63, 3.8) is 0 Å². The van der Waals surface area contributed by atoms with Gasteiger partial charge in [0.15, 0.2) is 0 Å². The second-order valence-corrected chi connectivity index (χ2v) is 9.52. The molecule has 1 aromatic rings. The maximum Gasteiger partial charge on any atom is 0.488 e. The van der Waals surface area contributed by atoms with Crippen LogP contribution < -0.4 is 0 Å². The average molecular weight is 421 g/mol. The quantitative estimate of drug-likeness (QED) is 0.288. The molecule has 12 heteroatoms. The first kappa shape index (κ1) is 20.8. The first-order chi connectivity index (χ1) is 12.2. The zero-order valence-electron chi connectivity index (χ0n) is 13.7. The van der Waals surface area contributed by atoms with Crippen LogP contribution in [-0.2, 0) is 29.5 Å². The molecule has 2 rings (SSSR count). The van der Waals surface area contributed by atoms with E-state index in [0.29, 0.717) is 6.42 Å². The summed E-state index contributed by atoms with van der Waals surface area (Å²) in [6, 6.07) is 5.48. The lowest BCUT2D eigenvalue weighted by Gasteiger charge is -2.20. The molecule has 0 aromatic carbocycles. The zero-order valence-corrected chi connectivity index (χ0v) is 16.2. The Morgan fingerprint density at radius 1 is 1.35 bits per heavy atom. The summed E-state index contributed by atoms with van der Waals surface area (Å²) >= 11 is 0. The number of carbonyl (C=O) groups is 3. The van der Waals surface area contributed by atoms with Crippen molar-refractivity contribution in [3.05, 3.63) is 24.4 Å². The van der Waals surface area contributed by atoms with Gasteiger partial charge in [0.25, 0.3) is 0 Å². The molecule has 1 saturated heterocycles. The van der Waals surface area contributed by atoms with Crippen molar-refractivity contribution < 1.29 is 36.2 Å². The van der Waals surface area contributed by atoms with Gasteiger partial charge in [-0.15, -0.1) is 8.42 Å². The second kappa shape index (κ2) is 8.48. The molecule has 1 aliphatic rings. The van der Waals surface area contributed by atoms with E-state index < -0.39 is 45.0 Å². The summed E-state index contributed by atoms with van der Waals surface area (Å²) in [6.45, 7) is 1.85. The van der Waals surface area contributed by atoms with Crippen LogP contribution in [0.2, 0.25) is 0 Å². The number of rotatable bonds is 8. The number of amides is 2. The molecule has 1 aliphatic heterocycles. The third-order valence-corrected chi connectivity index (χ3v) is 7.45. The summed E-state index contributed by atoms with van der Waals surface area (Å²) in [4.78, 5) is 44.4. The number of nitrogens with zero attached hydrogens (tertiary/aromatic N) is 2. The highest BCUT2D eigenvalue weighted by Gasteiger charge is 2.65. The molecule has 9 nitrogen and oxygen atoms in total. The first-order valence-electron chi connectivity index (χ1n) is 7.57. The Kier molecular flexibility index (Phi) is 6.80. The molecule has 1 atom stereocenters. The number of pyridine rings is 1. The van der Waals surface area contributed by atoms with Gasteiger partial charge in [0.05, 0.1) is 19.3 Å². The summed E-state index contributed by atoms with van der Waals surface area (Å²) < 4.78 is 30.0. The summed E-state index contributed by atoms with van der Waals surface area (Å²) in [5.74, 6) is -3.42. The molecule has 0 radical (unpaired) electrons. The molecular formula is C14H17N2O7S3+. The molecule has 0 bridgehead atoms. The van der Waals surface area contributed by atoms with Crippen molar-refractivity contribution in [2.75, 3.05) is 0 Å². The van der Waals surface area contributed by atoms with Gasteiger partial charge < -0.3 is 0 Å². The average Bonchev–Trinajstić information content (AvgIpc) is 2.88. The first-order valence-corrected chi connectivity index (χ1v) is 11.2. The molecule has 1 unspecified atom stereocenters. The molecule has 0 saturated carbocycles. The standard InChI is InChI=1S/C14H16N2O7S3/c1-10(24-25-11-4-2-3-9-15-11)5-8-14(19)23-16(26(20,21)22)12(17)6-7-13(16)18/h2-4,9-10H,5-8H2,1H3/p+1. The molecule has 0 aliphatic carbocycles. The van der Waals surface area contributed by atoms with Crippen molar-refractivity contribution >= 4 is 49.7 Å². The van der Waals surface area contributed by atoms with Gasteiger partial charge in [0.1, 0.15) is 9.08 Å². The fraction of sp³-hybridized carbons (Fsp3) is 0.429. The van der Waals surface area contributed by atoms with E-state index in [1.54, 1.807) is 12.3 Å². The Labute approximate surface area is 158 Å². The Bertz CT molecular complexity index is 782. The van der Waals surface area contributed by atoms with Crippen LogP contribution in [0.5, 0.6) is 0 Å². The second-order valence-electron chi connectivity index (χ2n) is 5.45. The Morgan fingerprint density at radius 2 is 2.00 bits per heavy atom. The van der Waals surface area contributed by atoms with Crippen LogP contribution in [0, 0.1) is 0 Å². The van der Waals surface area contributed by atoms with Crippen LogP contribution in [0.25, 0.3) is 0 Å². The molecule has 1 aromatic heterocycles. The van der Waals surface area contributed by atoms with E-state index >= 15 is 0 Å². The number of imide groups is 1. The minimum atomic E-state index is -5.26. The molecule has 1 N–H and O–H groups in total. The van der Waals surface area contributed by atoms with E-state index in [1.165, 1.54) is 21.6 Å². The van der Waals surface area contributed by atoms with Crippen LogP contribution in [-0.4, -0.2) is 45.0 Å². The fourth-order valence-corrected chi connectivity index (χ4v) is 5.10.